The van der Waals surface area contributed by atoms with Gasteiger partial charge in [0.1, 0.15) is 0 Å². The van der Waals surface area contributed by atoms with Gasteiger partial charge in [-0.05, 0) is 34.3 Å². The first-order valence-corrected chi connectivity index (χ1v) is 6.75. The molecular weight excluding hydrogens is 204 g/mol. The van der Waals surface area contributed by atoms with E-state index in [0.717, 1.165) is 0 Å². The van der Waals surface area contributed by atoms with Gasteiger partial charge in [0, 0.05) is 0 Å². The van der Waals surface area contributed by atoms with Crippen LogP contribution in [0, 0.1) is 17.3 Å². The van der Waals surface area contributed by atoms with Crippen LogP contribution in [0.2, 0.25) is 0 Å². The zero-order valence-corrected chi connectivity index (χ0v) is 11.7. The van der Waals surface area contributed by atoms with E-state index in [2.05, 4.69) is 71.0 Å². The molecule has 0 saturated carbocycles. The van der Waals surface area contributed by atoms with E-state index in [1.165, 1.54) is 11.1 Å². The second-order valence-corrected chi connectivity index (χ2v) is 6.20. The lowest BCUT2D eigenvalue weighted by Crippen LogP contribution is -2.34. The van der Waals surface area contributed by atoms with Gasteiger partial charge < -0.3 is 0 Å². The van der Waals surface area contributed by atoms with Crippen LogP contribution in [-0.2, 0) is 0 Å². The molecule has 0 heterocycles. The average molecular weight is 228 g/mol. The predicted molar refractivity (Wildman–Crippen MR) is 76.0 cm³/mol. The molecule has 1 aliphatic rings. The second-order valence-electron chi connectivity index (χ2n) is 6.20. The smallest absolute Gasteiger partial charge is 0.00418 e. The van der Waals surface area contributed by atoms with E-state index in [1.807, 2.05) is 0 Å². The highest BCUT2D eigenvalue weighted by atomic mass is 14.4. The van der Waals surface area contributed by atoms with E-state index >= 15 is 0 Å². The van der Waals surface area contributed by atoms with Crippen LogP contribution in [0.1, 0.15) is 51.7 Å². The molecule has 2 rings (SSSR count). The summed E-state index contributed by atoms with van der Waals surface area (Å²) in [5, 5.41) is 0. The van der Waals surface area contributed by atoms with E-state index in [0.29, 0.717) is 17.8 Å². The summed E-state index contributed by atoms with van der Waals surface area (Å²) in [5.74, 6) is 1.97. The predicted octanol–water partition coefficient (Wildman–Crippen LogP) is 5.12. The Morgan fingerprint density at radius 1 is 1.06 bits per heavy atom. The third kappa shape index (κ3) is 1.94. The molecule has 0 heteroatoms. The molecule has 0 amide bonds. The Balaban J connectivity index is 2.57. The summed E-state index contributed by atoms with van der Waals surface area (Å²) in [6.07, 6.45) is 4.75. The fraction of sp³-hybridized carbons (Fsp3) is 0.529. The molecule has 2 unspecified atom stereocenters. The summed E-state index contributed by atoms with van der Waals surface area (Å²) in [4.78, 5) is 0. The van der Waals surface area contributed by atoms with Crippen molar-refractivity contribution in [3.63, 3.8) is 0 Å². The summed E-state index contributed by atoms with van der Waals surface area (Å²) in [5.41, 5.74) is 3.22. The highest BCUT2D eigenvalue weighted by Crippen LogP contribution is 2.51. The molecule has 0 aliphatic heterocycles. The van der Waals surface area contributed by atoms with E-state index in [9.17, 15) is 0 Å². The standard InChI is InChI=1S/C17H24/c1-12(2)16-15-9-7-6-8-14(15)10-11-17(16,5)13(3)4/h6-13,16H,1-5H3. The minimum absolute atomic E-state index is 0.280. The van der Waals surface area contributed by atoms with Crippen molar-refractivity contribution in [2.45, 2.75) is 40.5 Å². The first-order chi connectivity index (χ1) is 7.97. The van der Waals surface area contributed by atoms with Crippen molar-refractivity contribution in [2.75, 3.05) is 0 Å². The maximum atomic E-state index is 2.44. The number of allylic oxidation sites excluding steroid dienone is 1. The van der Waals surface area contributed by atoms with Crippen LogP contribution in [-0.4, -0.2) is 0 Å². The highest BCUT2D eigenvalue weighted by Gasteiger charge is 2.40. The minimum Gasteiger partial charge on any atom is -0.0771 e. The van der Waals surface area contributed by atoms with Crippen molar-refractivity contribution in [3.8, 4) is 0 Å². The Morgan fingerprint density at radius 3 is 2.29 bits per heavy atom. The van der Waals surface area contributed by atoms with Gasteiger partial charge in [-0.15, -0.1) is 0 Å². The Bertz CT molecular complexity index is 425. The van der Waals surface area contributed by atoms with Crippen molar-refractivity contribution < 1.29 is 0 Å². The lowest BCUT2D eigenvalue weighted by molar-refractivity contribution is 0.193. The molecule has 2 atom stereocenters. The first-order valence-electron chi connectivity index (χ1n) is 6.75. The summed E-state index contributed by atoms with van der Waals surface area (Å²) in [6, 6.07) is 8.86. The second kappa shape index (κ2) is 4.33. The zero-order chi connectivity index (χ0) is 12.6. The largest absolute Gasteiger partial charge is 0.0771 e. The zero-order valence-electron chi connectivity index (χ0n) is 11.7. The highest BCUT2D eigenvalue weighted by molar-refractivity contribution is 5.59. The quantitative estimate of drug-likeness (QED) is 0.659. The third-order valence-electron chi connectivity index (χ3n) is 4.53. The van der Waals surface area contributed by atoms with Gasteiger partial charge in [0.15, 0.2) is 0 Å². The van der Waals surface area contributed by atoms with Crippen LogP contribution in [0.5, 0.6) is 0 Å². The molecule has 17 heavy (non-hydrogen) atoms. The normalized spacial score (nSPS) is 27.6. The summed E-state index contributed by atoms with van der Waals surface area (Å²) >= 11 is 0. The van der Waals surface area contributed by atoms with Gasteiger partial charge >= 0.3 is 0 Å². The van der Waals surface area contributed by atoms with Gasteiger partial charge in [0.05, 0.1) is 0 Å². The van der Waals surface area contributed by atoms with Gasteiger partial charge in [-0.3, -0.25) is 0 Å². The first kappa shape index (κ1) is 12.4. The molecule has 0 radical (unpaired) electrons. The van der Waals surface area contributed by atoms with E-state index in [1.54, 1.807) is 0 Å². The Morgan fingerprint density at radius 2 is 1.71 bits per heavy atom. The fourth-order valence-corrected chi connectivity index (χ4v) is 3.28. The average Bonchev–Trinajstić information content (AvgIpc) is 2.28. The molecule has 0 aromatic heterocycles. The molecule has 0 fully saturated rings. The molecule has 0 saturated heterocycles. The fourth-order valence-electron chi connectivity index (χ4n) is 3.28. The van der Waals surface area contributed by atoms with Crippen LogP contribution >= 0.6 is 0 Å². The Labute approximate surface area is 106 Å². The molecule has 0 spiro atoms. The number of hydrogen-bond acceptors (Lipinski definition) is 0. The summed E-state index contributed by atoms with van der Waals surface area (Å²) < 4.78 is 0. The maximum absolute atomic E-state index is 2.44. The molecule has 1 aromatic rings. The van der Waals surface area contributed by atoms with Crippen LogP contribution in [0.3, 0.4) is 0 Å². The van der Waals surface area contributed by atoms with Gasteiger partial charge in [-0.25, -0.2) is 0 Å². The van der Waals surface area contributed by atoms with E-state index in [-0.39, 0.29) is 5.41 Å². The molecule has 1 aromatic carbocycles. The van der Waals surface area contributed by atoms with E-state index in [4.69, 9.17) is 0 Å². The summed E-state index contributed by atoms with van der Waals surface area (Å²) in [6.45, 7) is 11.8. The molecule has 92 valence electrons. The Kier molecular flexibility index (Phi) is 3.16. The molecule has 0 N–H and O–H groups in total. The van der Waals surface area contributed by atoms with Crippen LogP contribution in [0.4, 0.5) is 0 Å². The monoisotopic (exact) mass is 228 g/mol. The SMILES string of the molecule is CC(C)C1c2ccccc2C=CC1(C)C(C)C. The van der Waals surface area contributed by atoms with Crippen molar-refractivity contribution in [1.29, 1.82) is 0 Å². The van der Waals surface area contributed by atoms with Crippen LogP contribution in [0.15, 0.2) is 30.3 Å². The molecular formula is C17H24. The Hall–Kier alpha value is -1.04. The third-order valence-corrected chi connectivity index (χ3v) is 4.53. The summed E-state index contributed by atoms with van der Waals surface area (Å²) in [7, 11) is 0. The maximum Gasteiger partial charge on any atom is -0.00418 e. The topological polar surface area (TPSA) is 0 Å². The van der Waals surface area contributed by atoms with Crippen molar-refractivity contribution in [1.82, 2.24) is 0 Å². The minimum atomic E-state index is 0.280. The number of hydrogen-bond donors (Lipinski definition) is 0. The molecule has 1 aliphatic carbocycles. The molecule has 0 nitrogen and oxygen atoms in total. The lowest BCUT2D eigenvalue weighted by Gasteiger charge is -2.44. The van der Waals surface area contributed by atoms with Crippen LogP contribution in [0.25, 0.3) is 6.08 Å². The number of rotatable bonds is 2. The van der Waals surface area contributed by atoms with Gasteiger partial charge in [-0.1, -0.05) is 71.0 Å². The van der Waals surface area contributed by atoms with Crippen LogP contribution < -0.4 is 0 Å². The van der Waals surface area contributed by atoms with Gasteiger partial charge in [0.25, 0.3) is 0 Å². The number of fused-ring (bicyclic) bond motifs is 1. The molecule has 0 bridgehead atoms. The van der Waals surface area contributed by atoms with Gasteiger partial charge in [0.2, 0.25) is 0 Å². The van der Waals surface area contributed by atoms with Crippen molar-refractivity contribution >= 4 is 6.08 Å². The van der Waals surface area contributed by atoms with E-state index < -0.39 is 0 Å². The number of benzene rings is 1. The van der Waals surface area contributed by atoms with Gasteiger partial charge in [-0.2, -0.15) is 0 Å². The van der Waals surface area contributed by atoms with Crippen molar-refractivity contribution in [2.24, 2.45) is 17.3 Å². The van der Waals surface area contributed by atoms with Crippen molar-refractivity contribution in [3.05, 3.63) is 41.5 Å². The lowest BCUT2D eigenvalue weighted by atomic mass is 9.60.